The maximum atomic E-state index is 12.9. The molecule has 1 aromatic heterocycles. The molecule has 338 valence electrons. The van der Waals surface area contributed by atoms with Crippen LogP contribution in [0.1, 0.15) is 114 Å². The van der Waals surface area contributed by atoms with Crippen LogP contribution in [0.25, 0.3) is 0 Å². The number of esters is 1. The Bertz CT molecular complexity index is 1430. The van der Waals surface area contributed by atoms with E-state index in [-0.39, 0.29) is 59.8 Å². The summed E-state index contributed by atoms with van der Waals surface area (Å²) in [4.78, 5) is 12.9. The van der Waals surface area contributed by atoms with Crippen LogP contribution >= 0.6 is 0 Å². The summed E-state index contributed by atoms with van der Waals surface area (Å²) >= 11 is 0. The Morgan fingerprint density at radius 2 is 0.695 bits per heavy atom. The van der Waals surface area contributed by atoms with Crippen molar-refractivity contribution in [2.45, 2.75) is 152 Å². The Labute approximate surface area is 362 Å². The molecule has 0 saturated carbocycles. The van der Waals surface area contributed by atoms with Crippen LogP contribution in [0.3, 0.4) is 0 Å². The van der Waals surface area contributed by atoms with Gasteiger partial charge >= 0.3 is 76.4 Å². The third kappa shape index (κ3) is 11.5. The largest absolute Gasteiger partial charge is 0.479 e. The monoisotopic (exact) mass is 968 g/mol. The smallest absolute Gasteiger partial charge is 0.460 e. The molecule has 0 spiro atoms. The summed E-state index contributed by atoms with van der Waals surface area (Å²) in [5, 5.41) is 0. The number of carbonyl (C=O) groups excluding carboxylic acids is 1. The predicted octanol–water partition coefficient (Wildman–Crippen LogP) is 9.20. The minimum absolute atomic E-state index is 0.0501. The number of hydrogen-bond donors (Lipinski definition) is 0. The van der Waals surface area contributed by atoms with Gasteiger partial charge in [0.1, 0.15) is 0 Å². The Kier molecular flexibility index (Phi) is 14.9. The zero-order valence-electron chi connectivity index (χ0n) is 38.0. The summed E-state index contributed by atoms with van der Waals surface area (Å²) in [5.41, 5.74) is 0. The summed E-state index contributed by atoms with van der Waals surface area (Å²) in [6, 6.07) is 6.46. The standard InChI is InChI=1S/C36H72O15Si8/c1-28(2)21-53-40-52(20-16-19-39-36(37)35-17-15-18-38-35)41-54(22-29(3)4)45-56(43-53,24-31(7)8)49-59(27-34(13)14)50-57(44-53,25-32(9)10)46-55(42-52,23-30(5)6)48-58(47-54,51-59)26-33(11)12/h15,17-18,28-34H,16,19-27H2,1-14H3. The fourth-order valence-corrected chi connectivity index (χ4v) is 60.3. The molecule has 6 saturated heterocycles. The van der Waals surface area contributed by atoms with Gasteiger partial charge in [-0.1, -0.05) is 96.9 Å². The SMILES string of the molecule is CC(C)C[Si]12O[Si]3(CCCOC(=O)c4ccco4)O[Si]4(CC(C)C)O[Si](CC(C)C)(O1)O[Si]1(CC(C)C)O[Si](CC(C)C)(O2)O[Si](CC(C)C)(O3)O[Si](CC(C)C)(O4)O1. The van der Waals surface area contributed by atoms with Crippen molar-refractivity contribution in [3.8, 4) is 0 Å². The van der Waals surface area contributed by atoms with E-state index in [0.717, 1.165) is 0 Å². The molecule has 6 aliphatic rings. The van der Waals surface area contributed by atoms with Gasteiger partial charge in [-0.25, -0.2) is 4.79 Å². The maximum Gasteiger partial charge on any atom is 0.479 e. The average molecular weight is 970 g/mol. The van der Waals surface area contributed by atoms with E-state index < -0.39 is 76.4 Å². The van der Waals surface area contributed by atoms with Crippen molar-refractivity contribution in [2.75, 3.05) is 6.61 Å². The van der Waals surface area contributed by atoms with Gasteiger partial charge in [0, 0.05) is 48.4 Å². The van der Waals surface area contributed by atoms with Crippen molar-refractivity contribution in [2.24, 2.45) is 41.4 Å². The Hall–Kier alpha value is 0.00506. The van der Waals surface area contributed by atoms with E-state index in [1.165, 1.54) is 6.26 Å². The molecule has 23 heteroatoms. The zero-order chi connectivity index (χ0) is 43.3. The Balaban J connectivity index is 1.66. The highest BCUT2D eigenvalue weighted by atomic mass is 28.6. The number of furan rings is 1. The average Bonchev–Trinajstić information content (AvgIpc) is 3.52. The molecule has 0 radical (unpaired) electrons. The first kappa shape index (κ1) is 48.5. The van der Waals surface area contributed by atoms with Crippen LogP contribution < -0.4 is 0 Å². The van der Waals surface area contributed by atoms with Crippen molar-refractivity contribution in [3.05, 3.63) is 24.2 Å². The van der Waals surface area contributed by atoms with Gasteiger partial charge in [0.25, 0.3) is 0 Å². The van der Waals surface area contributed by atoms with E-state index in [4.69, 9.17) is 58.5 Å². The topological polar surface area (TPSA) is 150 Å². The van der Waals surface area contributed by atoms with Crippen LogP contribution in [0.4, 0.5) is 0 Å². The first-order valence-corrected chi connectivity index (χ1v) is 37.5. The molecule has 6 aliphatic heterocycles. The van der Waals surface area contributed by atoms with Crippen molar-refractivity contribution < 1.29 is 63.3 Å². The van der Waals surface area contributed by atoms with Crippen LogP contribution in [-0.4, -0.2) is 83.0 Å². The molecule has 0 unspecified atom stereocenters. The van der Waals surface area contributed by atoms with E-state index in [0.29, 0.717) is 48.7 Å². The molecule has 0 amide bonds. The van der Waals surface area contributed by atoms with Crippen molar-refractivity contribution in [3.63, 3.8) is 0 Å². The molecule has 7 rings (SSSR count). The minimum atomic E-state index is -4.14. The lowest BCUT2D eigenvalue weighted by atomic mass is 10.3. The third-order valence-corrected chi connectivity index (χ3v) is 50.0. The van der Waals surface area contributed by atoms with E-state index >= 15 is 0 Å². The van der Waals surface area contributed by atoms with Gasteiger partial charge in [-0.3, -0.25) is 0 Å². The Morgan fingerprint density at radius 3 is 0.915 bits per heavy atom. The quantitative estimate of drug-likeness (QED) is 0.0736. The van der Waals surface area contributed by atoms with Crippen LogP contribution in [0.5, 0.6) is 0 Å². The highest BCUT2D eigenvalue weighted by Crippen LogP contribution is 2.56. The van der Waals surface area contributed by atoms with Crippen LogP contribution in [0.2, 0.25) is 48.4 Å². The molecular weight excluding hydrogens is 897 g/mol. The van der Waals surface area contributed by atoms with Crippen molar-refractivity contribution in [1.29, 1.82) is 0 Å². The van der Waals surface area contributed by atoms with E-state index in [1.807, 2.05) is 0 Å². The summed E-state index contributed by atoms with van der Waals surface area (Å²) in [7, 11) is -32.1. The second-order valence-corrected chi connectivity index (χ2v) is 44.2. The molecule has 6 fully saturated rings. The fraction of sp³-hybridized carbons (Fsp3) is 0.861. The van der Waals surface area contributed by atoms with Gasteiger partial charge in [0.2, 0.25) is 5.76 Å². The van der Waals surface area contributed by atoms with Gasteiger partial charge in [0.05, 0.1) is 12.9 Å². The summed E-state index contributed by atoms with van der Waals surface area (Å²) in [6.07, 6.45) is 1.77. The third-order valence-electron chi connectivity index (χ3n) is 9.92. The van der Waals surface area contributed by atoms with Gasteiger partial charge in [-0.2, -0.15) is 0 Å². The lowest BCUT2D eigenvalue weighted by molar-refractivity contribution is -0.0346. The fourth-order valence-electron chi connectivity index (χ4n) is 8.79. The molecule has 0 aromatic carbocycles. The summed E-state index contributed by atoms with van der Waals surface area (Å²) in [6.45, 7) is 30.0. The molecule has 1 aromatic rings. The second kappa shape index (κ2) is 18.1. The number of rotatable bonds is 19. The number of carbonyl (C=O) groups is 1. The summed E-state index contributed by atoms with van der Waals surface area (Å²) < 4.78 is 104. The first-order valence-electron chi connectivity index (χ1n) is 22.0. The van der Waals surface area contributed by atoms with Gasteiger partial charge < -0.3 is 58.5 Å². The van der Waals surface area contributed by atoms with Crippen LogP contribution in [-0.2, 0) is 54.1 Å². The van der Waals surface area contributed by atoms with Crippen LogP contribution in [0.15, 0.2) is 22.8 Å². The summed E-state index contributed by atoms with van der Waals surface area (Å²) in [5.74, 6) is 0.0837. The molecule has 15 nitrogen and oxygen atoms in total. The molecule has 59 heavy (non-hydrogen) atoms. The van der Waals surface area contributed by atoms with Crippen molar-refractivity contribution >= 4 is 76.4 Å². The van der Waals surface area contributed by atoms with Gasteiger partial charge in [-0.05, 0) is 60.0 Å². The van der Waals surface area contributed by atoms with Gasteiger partial charge in [0.15, 0.2) is 0 Å². The van der Waals surface area contributed by atoms with Gasteiger partial charge in [-0.15, -0.1) is 0 Å². The molecule has 0 aliphatic carbocycles. The lowest BCUT2D eigenvalue weighted by Crippen LogP contribution is -2.88. The molecule has 8 bridgehead atoms. The molecular formula is C36H72O15Si8. The normalized spacial score (nSPS) is 38.2. The highest BCUT2D eigenvalue weighted by Gasteiger charge is 2.83. The van der Waals surface area contributed by atoms with Crippen LogP contribution in [0, 0.1) is 41.4 Å². The van der Waals surface area contributed by atoms with E-state index in [9.17, 15) is 4.79 Å². The Morgan fingerprint density at radius 1 is 0.441 bits per heavy atom. The highest BCUT2D eigenvalue weighted by molar-refractivity contribution is 7.03. The van der Waals surface area contributed by atoms with Crippen molar-refractivity contribution in [1.82, 2.24) is 0 Å². The molecule has 7 heterocycles. The van der Waals surface area contributed by atoms with E-state index in [2.05, 4.69) is 96.9 Å². The molecule has 0 N–H and O–H groups in total. The zero-order valence-corrected chi connectivity index (χ0v) is 46.0. The minimum Gasteiger partial charge on any atom is -0.460 e. The number of ether oxygens (including phenoxy) is 1. The first-order chi connectivity index (χ1) is 27.4. The predicted molar refractivity (Wildman–Crippen MR) is 235 cm³/mol. The van der Waals surface area contributed by atoms with E-state index in [1.54, 1.807) is 12.1 Å². The maximum absolute atomic E-state index is 12.9. The number of hydrogen-bond acceptors (Lipinski definition) is 15. The second-order valence-electron chi connectivity index (χ2n) is 20.1. The molecule has 0 atom stereocenters. The lowest BCUT2D eigenvalue weighted by Gasteiger charge is -2.64.